The van der Waals surface area contributed by atoms with Gasteiger partial charge in [0.1, 0.15) is 17.1 Å². The standard InChI is InChI=1S/C15H19O3P/c1-17-12-4-3-5-13(18-2)14(12)15(16)19-10-6-7-11(19)9-8-10/h3-5,10-11H,6-9H2,1-2H3. The van der Waals surface area contributed by atoms with Gasteiger partial charge in [0.05, 0.1) is 14.2 Å². The van der Waals surface area contributed by atoms with Gasteiger partial charge in [0.2, 0.25) is 0 Å². The van der Waals surface area contributed by atoms with E-state index >= 15 is 0 Å². The van der Waals surface area contributed by atoms with Crippen LogP contribution in [0.25, 0.3) is 0 Å². The van der Waals surface area contributed by atoms with Crippen molar-refractivity contribution in [3.63, 3.8) is 0 Å². The lowest BCUT2D eigenvalue weighted by molar-refractivity contribution is 0.107. The first-order valence-corrected chi connectivity index (χ1v) is 8.28. The molecule has 2 aliphatic heterocycles. The summed E-state index contributed by atoms with van der Waals surface area (Å²) in [5, 5.41) is 0. The maximum atomic E-state index is 12.9. The fraction of sp³-hybridized carbons (Fsp3) is 0.533. The lowest BCUT2D eigenvalue weighted by Gasteiger charge is -2.18. The molecule has 4 heteroatoms. The predicted molar refractivity (Wildman–Crippen MR) is 76.8 cm³/mol. The van der Waals surface area contributed by atoms with Crippen LogP contribution < -0.4 is 9.47 Å². The number of benzene rings is 1. The number of carbonyl (C=O) groups excluding carboxylic acids is 1. The van der Waals surface area contributed by atoms with Crippen molar-refractivity contribution >= 4 is 13.4 Å². The van der Waals surface area contributed by atoms with E-state index < -0.39 is 7.92 Å². The Morgan fingerprint density at radius 2 is 1.53 bits per heavy atom. The zero-order chi connectivity index (χ0) is 13.4. The van der Waals surface area contributed by atoms with Crippen LogP contribution in [0.2, 0.25) is 0 Å². The molecule has 0 spiro atoms. The normalized spacial score (nSPS) is 28.4. The highest BCUT2D eigenvalue weighted by Crippen LogP contribution is 2.66. The Bertz CT molecular complexity index is 458. The van der Waals surface area contributed by atoms with Crippen molar-refractivity contribution in [2.75, 3.05) is 14.2 Å². The summed E-state index contributed by atoms with van der Waals surface area (Å²) >= 11 is 0. The van der Waals surface area contributed by atoms with Crippen LogP contribution in [0.15, 0.2) is 18.2 Å². The third-order valence-electron chi connectivity index (χ3n) is 4.33. The van der Waals surface area contributed by atoms with E-state index in [1.165, 1.54) is 25.7 Å². The first-order valence-electron chi connectivity index (χ1n) is 6.80. The largest absolute Gasteiger partial charge is 0.496 e. The van der Waals surface area contributed by atoms with E-state index in [1.54, 1.807) is 14.2 Å². The van der Waals surface area contributed by atoms with Crippen molar-refractivity contribution in [3.05, 3.63) is 23.8 Å². The van der Waals surface area contributed by atoms with Gasteiger partial charge in [0, 0.05) is 0 Å². The molecule has 2 fully saturated rings. The van der Waals surface area contributed by atoms with Crippen molar-refractivity contribution in [1.29, 1.82) is 0 Å². The van der Waals surface area contributed by atoms with E-state index in [4.69, 9.17) is 9.47 Å². The number of rotatable bonds is 4. The van der Waals surface area contributed by atoms with Gasteiger partial charge < -0.3 is 9.47 Å². The van der Waals surface area contributed by atoms with Crippen molar-refractivity contribution in [2.24, 2.45) is 0 Å². The Balaban J connectivity index is 1.99. The van der Waals surface area contributed by atoms with E-state index in [0.717, 1.165) is 0 Å². The van der Waals surface area contributed by atoms with Gasteiger partial charge in [0.25, 0.3) is 0 Å². The van der Waals surface area contributed by atoms with Crippen molar-refractivity contribution < 1.29 is 14.3 Å². The highest BCUT2D eigenvalue weighted by Gasteiger charge is 2.46. The molecule has 2 saturated heterocycles. The molecule has 0 N–H and O–H groups in total. The van der Waals surface area contributed by atoms with E-state index in [0.29, 0.717) is 28.4 Å². The molecule has 102 valence electrons. The zero-order valence-electron chi connectivity index (χ0n) is 11.4. The minimum atomic E-state index is -0.537. The second kappa shape index (κ2) is 5.13. The second-order valence-corrected chi connectivity index (χ2v) is 7.89. The molecular formula is C15H19O3P. The van der Waals surface area contributed by atoms with Crippen molar-refractivity contribution in [2.45, 2.75) is 37.0 Å². The Morgan fingerprint density at radius 3 is 1.95 bits per heavy atom. The van der Waals surface area contributed by atoms with E-state index in [2.05, 4.69) is 0 Å². The number of methoxy groups -OCH3 is 2. The minimum Gasteiger partial charge on any atom is -0.496 e. The highest BCUT2D eigenvalue weighted by atomic mass is 31.1. The molecule has 0 aromatic heterocycles. The quantitative estimate of drug-likeness (QED) is 0.789. The topological polar surface area (TPSA) is 35.5 Å². The van der Waals surface area contributed by atoms with E-state index in [9.17, 15) is 4.79 Å². The number of hydrogen-bond acceptors (Lipinski definition) is 3. The minimum absolute atomic E-state index is 0.286. The monoisotopic (exact) mass is 278 g/mol. The van der Waals surface area contributed by atoms with Crippen LogP contribution in [0.4, 0.5) is 0 Å². The van der Waals surface area contributed by atoms with Gasteiger partial charge in [-0.05, 0) is 57.1 Å². The van der Waals surface area contributed by atoms with Crippen molar-refractivity contribution in [1.82, 2.24) is 0 Å². The molecule has 0 unspecified atom stereocenters. The molecule has 0 saturated carbocycles. The van der Waals surface area contributed by atoms with Gasteiger partial charge in [0.15, 0.2) is 5.52 Å². The Kier molecular flexibility index (Phi) is 3.49. The molecule has 0 atom stereocenters. The third kappa shape index (κ3) is 2.04. The fourth-order valence-electron chi connectivity index (χ4n) is 3.44. The summed E-state index contributed by atoms with van der Waals surface area (Å²) in [5.74, 6) is 1.30. The zero-order valence-corrected chi connectivity index (χ0v) is 12.3. The van der Waals surface area contributed by atoms with Crippen LogP contribution in [0.3, 0.4) is 0 Å². The smallest absolute Gasteiger partial charge is 0.192 e. The SMILES string of the molecule is COc1cccc(OC)c1C(=O)P1C2CCC1CC2. The van der Waals surface area contributed by atoms with Gasteiger partial charge in [-0.2, -0.15) is 0 Å². The Morgan fingerprint density at radius 1 is 1.05 bits per heavy atom. The average molecular weight is 278 g/mol. The lowest BCUT2D eigenvalue weighted by Crippen LogP contribution is -2.08. The van der Waals surface area contributed by atoms with Gasteiger partial charge >= 0.3 is 0 Å². The van der Waals surface area contributed by atoms with E-state index in [1.807, 2.05) is 18.2 Å². The van der Waals surface area contributed by atoms with Crippen LogP contribution in [-0.4, -0.2) is 31.1 Å². The van der Waals surface area contributed by atoms with Crippen LogP contribution >= 0.6 is 7.92 Å². The highest BCUT2D eigenvalue weighted by molar-refractivity contribution is 7.77. The molecule has 1 aromatic rings. The first kappa shape index (κ1) is 12.9. The molecule has 3 nitrogen and oxygen atoms in total. The summed E-state index contributed by atoms with van der Waals surface area (Å²) in [5.41, 5.74) is 2.23. The average Bonchev–Trinajstić information content (AvgIpc) is 3.05. The van der Waals surface area contributed by atoms with Gasteiger partial charge in [-0.1, -0.05) is 6.07 Å². The summed E-state index contributed by atoms with van der Waals surface area (Å²) in [6.07, 6.45) is 4.94. The van der Waals surface area contributed by atoms with Crippen LogP contribution in [-0.2, 0) is 0 Å². The van der Waals surface area contributed by atoms with Gasteiger partial charge in [-0.25, -0.2) is 0 Å². The maximum Gasteiger partial charge on any atom is 0.192 e. The third-order valence-corrected chi connectivity index (χ3v) is 7.63. The predicted octanol–water partition coefficient (Wildman–Crippen LogP) is 3.65. The van der Waals surface area contributed by atoms with Gasteiger partial charge in [-0.3, -0.25) is 4.79 Å². The molecule has 3 rings (SSSR count). The first-order chi connectivity index (χ1) is 9.26. The second-order valence-electron chi connectivity index (χ2n) is 5.21. The number of hydrogen-bond donors (Lipinski definition) is 0. The lowest BCUT2D eigenvalue weighted by atomic mass is 10.0. The summed E-state index contributed by atoms with van der Waals surface area (Å²) in [6.45, 7) is 0. The summed E-state index contributed by atoms with van der Waals surface area (Å²) in [6, 6.07) is 5.57. The molecule has 2 bridgehead atoms. The molecule has 2 aliphatic rings. The molecular weight excluding hydrogens is 259 g/mol. The van der Waals surface area contributed by atoms with Gasteiger partial charge in [-0.15, -0.1) is 0 Å². The fourth-order valence-corrected chi connectivity index (χ4v) is 6.88. The molecule has 19 heavy (non-hydrogen) atoms. The Hall–Kier alpha value is -1.08. The van der Waals surface area contributed by atoms with Crippen molar-refractivity contribution in [3.8, 4) is 11.5 Å². The number of carbonyl (C=O) groups is 1. The Labute approximate surface area is 115 Å². The van der Waals surface area contributed by atoms with E-state index in [-0.39, 0.29) is 5.52 Å². The maximum absolute atomic E-state index is 12.9. The van der Waals surface area contributed by atoms with Crippen LogP contribution in [0.1, 0.15) is 36.0 Å². The van der Waals surface area contributed by atoms with Crippen LogP contribution in [0.5, 0.6) is 11.5 Å². The number of ether oxygens (including phenoxy) is 2. The number of fused-ring (bicyclic) bond motifs is 2. The molecule has 2 heterocycles. The summed E-state index contributed by atoms with van der Waals surface area (Å²) in [4.78, 5) is 12.9. The molecule has 0 radical (unpaired) electrons. The van der Waals surface area contributed by atoms with Crippen LogP contribution in [0, 0.1) is 0 Å². The molecule has 0 amide bonds. The molecule has 0 aliphatic carbocycles. The molecule has 1 aromatic carbocycles. The summed E-state index contributed by atoms with van der Waals surface area (Å²) in [7, 11) is 2.69. The summed E-state index contributed by atoms with van der Waals surface area (Å²) < 4.78 is 10.7.